The minimum Gasteiger partial charge on any atom is -0.381 e. The smallest absolute Gasteiger partial charge is 0.0529 e. The molecule has 0 amide bonds. The van der Waals surface area contributed by atoms with Crippen molar-refractivity contribution in [1.82, 2.24) is 0 Å². The normalized spacial score (nSPS) is 29.7. The van der Waals surface area contributed by atoms with Gasteiger partial charge in [-0.3, -0.25) is 0 Å². The minimum atomic E-state index is 0.640. The van der Waals surface area contributed by atoms with Crippen LogP contribution >= 0.6 is 11.6 Å². The van der Waals surface area contributed by atoms with Crippen molar-refractivity contribution in [2.24, 2.45) is 11.8 Å². The Hall–Kier alpha value is -0.0100. The predicted octanol–water partition coefficient (Wildman–Crippen LogP) is 3.77. The molecule has 0 aromatic carbocycles. The fourth-order valence-electron chi connectivity index (χ4n) is 2.75. The summed E-state index contributed by atoms with van der Waals surface area (Å²) in [6.07, 6.45) is 10.5. The Morgan fingerprint density at radius 2 is 2.00 bits per heavy atom. The molecule has 1 aliphatic heterocycles. The summed E-state index contributed by atoms with van der Waals surface area (Å²) in [5.74, 6) is 2.14. The van der Waals surface area contributed by atoms with Crippen LogP contribution in [0.15, 0.2) is 11.6 Å². The largest absolute Gasteiger partial charge is 0.381 e. The Kier molecular flexibility index (Phi) is 4.52. The molecule has 0 radical (unpaired) electrons. The third-order valence-electron chi connectivity index (χ3n) is 3.70. The van der Waals surface area contributed by atoms with Crippen molar-refractivity contribution in [2.75, 3.05) is 19.1 Å². The predicted molar refractivity (Wildman–Crippen MR) is 64.3 cm³/mol. The Morgan fingerprint density at radius 1 is 1.20 bits per heavy atom. The summed E-state index contributed by atoms with van der Waals surface area (Å²) in [6, 6.07) is 0. The lowest BCUT2D eigenvalue weighted by molar-refractivity contribution is 0.191. The summed E-state index contributed by atoms with van der Waals surface area (Å²) in [5, 5.41) is 0. The lowest BCUT2D eigenvalue weighted by atomic mass is 9.83. The van der Waals surface area contributed by atoms with Gasteiger partial charge in [0.05, 0.1) is 6.61 Å². The average molecular weight is 229 g/mol. The molecule has 2 fully saturated rings. The Bertz CT molecular complexity index is 213. The molecule has 0 aromatic heterocycles. The number of hydrogen-bond acceptors (Lipinski definition) is 1. The molecular formula is C13H21ClO. The maximum Gasteiger partial charge on any atom is 0.0529 e. The molecule has 0 bridgehead atoms. The highest BCUT2D eigenvalue weighted by Gasteiger charge is 2.20. The van der Waals surface area contributed by atoms with E-state index in [1.165, 1.54) is 44.1 Å². The Labute approximate surface area is 97.8 Å². The van der Waals surface area contributed by atoms with E-state index >= 15 is 0 Å². The summed E-state index contributed by atoms with van der Waals surface area (Å²) in [7, 11) is 0. The van der Waals surface area contributed by atoms with E-state index in [2.05, 4.69) is 6.08 Å². The third kappa shape index (κ3) is 3.22. The minimum absolute atomic E-state index is 0.640. The summed E-state index contributed by atoms with van der Waals surface area (Å²) >= 11 is 6.07. The molecule has 1 heterocycles. The van der Waals surface area contributed by atoms with Gasteiger partial charge in [-0.1, -0.05) is 30.9 Å². The molecule has 1 nitrogen and oxygen atoms in total. The van der Waals surface area contributed by atoms with Gasteiger partial charge in [0.15, 0.2) is 0 Å². The number of alkyl halides is 1. The van der Waals surface area contributed by atoms with Gasteiger partial charge in [-0.05, 0) is 25.2 Å². The van der Waals surface area contributed by atoms with Crippen LogP contribution in [0.5, 0.6) is 0 Å². The van der Waals surface area contributed by atoms with Gasteiger partial charge in [-0.25, -0.2) is 0 Å². The molecule has 0 spiro atoms. The average Bonchev–Trinajstić information content (AvgIpc) is 2.80. The molecule has 86 valence electrons. The van der Waals surface area contributed by atoms with Crippen LogP contribution in [0.2, 0.25) is 0 Å². The van der Waals surface area contributed by atoms with Gasteiger partial charge in [0, 0.05) is 18.4 Å². The van der Waals surface area contributed by atoms with Gasteiger partial charge >= 0.3 is 0 Å². The van der Waals surface area contributed by atoms with E-state index in [0.29, 0.717) is 5.92 Å². The molecule has 1 saturated carbocycles. The lowest BCUT2D eigenvalue weighted by Crippen LogP contribution is -2.12. The second-order valence-electron chi connectivity index (χ2n) is 4.83. The highest BCUT2D eigenvalue weighted by Crippen LogP contribution is 2.31. The van der Waals surface area contributed by atoms with Crippen molar-refractivity contribution >= 4 is 11.6 Å². The highest BCUT2D eigenvalue weighted by molar-refractivity contribution is 6.19. The maximum absolute atomic E-state index is 6.07. The first-order chi connectivity index (χ1) is 7.40. The molecule has 2 aliphatic rings. The van der Waals surface area contributed by atoms with Crippen molar-refractivity contribution in [1.29, 1.82) is 0 Å². The number of halogens is 1. The molecule has 1 saturated heterocycles. The maximum atomic E-state index is 6.07. The molecule has 1 atom stereocenters. The Morgan fingerprint density at radius 3 is 2.60 bits per heavy atom. The first-order valence-electron chi connectivity index (χ1n) is 6.24. The van der Waals surface area contributed by atoms with Crippen molar-refractivity contribution < 1.29 is 4.74 Å². The highest BCUT2D eigenvalue weighted by atomic mass is 35.5. The van der Waals surface area contributed by atoms with Crippen molar-refractivity contribution in [2.45, 2.75) is 38.5 Å². The number of allylic oxidation sites excluding steroid dienone is 1. The second kappa shape index (κ2) is 5.91. The van der Waals surface area contributed by atoms with Gasteiger partial charge in [-0.2, -0.15) is 0 Å². The van der Waals surface area contributed by atoms with Crippen LogP contribution in [0.4, 0.5) is 0 Å². The molecule has 0 N–H and O–H groups in total. The van der Waals surface area contributed by atoms with E-state index < -0.39 is 0 Å². The van der Waals surface area contributed by atoms with Crippen LogP contribution in [0.3, 0.4) is 0 Å². The number of ether oxygens (including phenoxy) is 1. The topological polar surface area (TPSA) is 9.23 Å². The zero-order valence-corrected chi connectivity index (χ0v) is 10.1. The van der Waals surface area contributed by atoms with Gasteiger partial charge in [0.25, 0.3) is 0 Å². The van der Waals surface area contributed by atoms with Crippen LogP contribution in [-0.4, -0.2) is 19.1 Å². The fourth-order valence-corrected chi connectivity index (χ4v) is 3.06. The van der Waals surface area contributed by atoms with E-state index in [-0.39, 0.29) is 0 Å². The van der Waals surface area contributed by atoms with Gasteiger partial charge in [0.1, 0.15) is 0 Å². The second-order valence-corrected chi connectivity index (χ2v) is 5.10. The Balaban J connectivity index is 1.94. The molecule has 1 aliphatic carbocycles. The van der Waals surface area contributed by atoms with E-state index in [0.717, 1.165) is 25.0 Å². The van der Waals surface area contributed by atoms with Gasteiger partial charge in [-0.15, -0.1) is 11.6 Å². The molecule has 2 heteroatoms. The summed E-state index contributed by atoms with van der Waals surface area (Å²) in [5.41, 5.74) is 1.49. The molecule has 2 rings (SSSR count). The van der Waals surface area contributed by atoms with Crippen molar-refractivity contribution in [3.63, 3.8) is 0 Å². The fraction of sp³-hybridized carbons (Fsp3) is 0.846. The summed E-state index contributed by atoms with van der Waals surface area (Å²) < 4.78 is 5.40. The number of rotatable bonds is 3. The molecule has 15 heavy (non-hydrogen) atoms. The zero-order valence-electron chi connectivity index (χ0n) is 9.38. The van der Waals surface area contributed by atoms with Gasteiger partial charge in [0.2, 0.25) is 0 Å². The zero-order chi connectivity index (χ0) is 10.5. The molecule has 0 aromatic rings. The van der Waals surface area contributed by atoms with Crippen LogP contribution in [0.1, 0.15) is 38.5 Å². The standard InChI is InChI=1S/C13H21ClO/c14-9-13(8-11-6-7-15-10-11)12-4-2-1-3-5-12/h8,11-12H,1-7,9-10H2. The monoisotopic (exact) mass is 228 g/mol. The first-order valence-corrected chi connectivity index (χ1v) is 6.78. The van der Waals surface area contributed by atoms with E-state index in [9.17, 15) is 0 Å². The molecular weight excluding hydrogens is 208 g/mol. The SMILES string of the molecule is ClCC(=CC1CCOC1)C1CCCCC1. The van der Waals surface area contributed by atoms with Gasteiger partial charge < -0.3 is 4.74 Å². The van der Waals surface area contributed by atoms with E-state index in [4.69, 9.17) is 16.3 Å². The van der Waals surface area contributed by atoms with Crippen molar-refractivity contribution in [3.8, 4) is 0 Å². The van der Waals surface area contributed by atoms with E-state index in [1.54, 1.807) is 0 Å². The quantitative estimate of drug-likeness (QED) is 0.528. The van der Waals surface area contributed by atoms with E-state index in [1.807, 2.05) is 0 Å². The third-order valence-corrected chi connectivity index (χ3v) is 4.01. The van der Waals surface area contributed by atoms with Crippen LogP contribution in [-0.2, 0) is 4.74 Å². The number of hydrogen-bond donors (Lipinski definition) is 0. The molecule has 1 unspecified atom stereocenters. The van der Waals surface area contributed by atoms with Crippen LogP contribution in [0.25, 0.3) is 0 Å². The van der Waals surface area contributed by atoms with Crippen LogP contribution < -0.4 is 0 Å². The summed E-state index contributed by atoms with van der Waals surface area (Å²) in [4.78, 5) is 0. The lowest BCUT2D eigenvalue weighted by Gasteiger charge is -2.24. The van der Waals surface area contributed by atoms with Crippen LogP contribution in [0, 0.1) is 11.8 Å². The van der Waals surface area contributed by atoms with Crippen molar-refractivity contribution in [3.05, 3.63) is 11.6 Å². The summed E-state index contributed by atoms with van der Waals surface area (Å²) in [6.45, 7) is 1.84. The first kappa shape index (κ1) is 11.5.